The Morgan fingerprint density at radius 3 is 2.09 bits per heavy atom. The minimum absolute atomic E-state index is 0.183. The van der Waals surface area contributed by atoms with Gasteiger partial charge in [0.05, 0.1) is 0 Å². The van der Waals surface area contributed by atoms with Gasteiger partial charge in [0.25, 0.3) is 0 Å². The number of rotatable bonds is 8. The second-order valence-corrected chi connectivity index (χ2v) is 8.21. The second kappa shape index (κ2) is 10.4. The van der Waals surface area contributed by atoms with E-state index in [-0.39, 0.29) is 17.9 Å². The van der Waals surface area contributed by atoms with Gasteiger partial charge in [-0.15, -0.1) is 0 Å². The zero-order valence-electron chi connectivity index (χ0n) is 19.0. The van der Waals surface area contributed by atoms with Crippen molar-refractivity contribution in [1.82, 2.24) is 0 Å². The van der Waals surface area contributed by atoms with Gasteiger partial charge in [0.2, 0.25) is 0 Å². The quantitative estimate of drug-likeness (QED) is 0.242. The maximum absolute atomic E-state index is 14.7. The highest BCUT2D eigenvalue weighted by atomic mass is 19.2. The lowest BCUT2D eigenvalue weighted by molar-refractivity contribution is 0.342. The Bertz CT molecular complexity index is 1290. The van der Waals surface area contributed by atoms with Gasteiger partial charge in [-0.05, 0) is 59.7 Å². The van der Waals surface area contributed by atoms with Crippen LogP contribution in [0.2, 0.25) is 0 Å². The van der Waals surface area contributed by atoms with Gasteiger partial charge in [-0.25, -0.2) is 13.2 Å². The summed E-state index contributed by atoms with van der Waals surface area (Å²) in [5.74, 6) is -1.87. The normalized spacial score (nSPS) is 10.8. The van der Waals surface area contributed by atoms with Crippen molar-refractivity contribution in [2.45, 2.75) is 19.8 Å². The molecule has 0 aromatic heterocycles. The summed E-state index contributed by atoms with van der Waals surface area (Å²) in [7, 11) is 0. The lowest BCUT2D eigenvalue weighted by Gasteiger charge is -2.10. The van der Waals surface area contributed by atoms with E-state index in [9.17, 15) is 13.2 Å². The van der Waals surface area contributed by atoms with Gasteiger partial charge in [-0.3, -0.25) is 0 Å². The molecule has 1 nitrogen and oxygen atoms in total. The molecule has 0 heterocycles. The number of hydrogen-bond acceptors (Lipinski definition) is 1. The minimum atomic E-state index is -0.820. The summed E-state index contributed by atoms with van der Waals surface area (Å²) in [6, 6.07) is 23.1. The minimum Gasteiger partial charge on any atom is -0.486 e. The van der Waals surface area contributed by atoms with Crippen LogP contribution in [0.4, 0.5) is 13.2 Å². The molecule has 0 unspecified atom stereocenters. The summed E-state index contributed by atoms with van der Waals surface area (Å²) >= 11 is 0. The van der Waals surface area contributed by atoms with Crippen LogP contribution in [-0.2, 0) is 12.8 Å². The average Bonchev–Trinajstić information content (AvgIpc) is 2.85. The molecule has 0 spiro atoms. The third-order valence-corrected chi connectivity index (χ3v) is 5.78. The zero-order valence-corrected chi connectivity index (χ0v) is 19.0. The van der Waals surface area contributed by atoms with Crippen molar-refractivity contribution in [2.24, 2.45) is 0 Å². The number of hydrogen-bond donors (Lipinski definition) is 0. The molecular formula is C30H25F3O. The van der Waals surface area contributed by atoms with Crippen LogP contribution in [0.25, 0.3) is 22.3 Å². The Hall–Kier alpha value is -3.79. The first kappa shape index (κ1) is 23.4. The van der Waals surface area contributed by atoms with E-state index in [1.54, 1.807) is 42.5 Å². The first-order valence-electron chi connectivity index (χ1n) is 11.1. The van der Waals surface area contributed by atoms with Gasteiger partial charge in [0.1, 0.15) is 6.61 Å². The van der Waals surface area contributed by atoms with Crippen LogP contribution < -0.4 is 4.74 Å². The third kappa shape index (κ3) is 5.23. The van der Waals surface area contributed by atoms with Gasteiger partial charge in [0, 0.05) is 5.56 Å². The number of halogens is 3. The molecule has 0 aliphatic rings. The highest BCUT2D eigenvalue weighted by Gasteiger charge is 2.15. The van der Waals surface area contributed by atoms with E-state index in [4.69, 9.17) is 4.74 Å². The van der Waals surface area contributed by atoms with Crippen LogP contribution in [0, 0.1) is 24.4 Å². The number of aryl methyl sites for hydroxylation is 3. The Balaban J connectivity index is 1.44. The topological polar surface area (TPSA) is 9.23 Å². The molecule has 4 aromatic rings. The van der Waals surface area contributed by atoms with E-state index in [1.807, 2.05) is 43.3 Å². The maximum Gasteiger partial charge on any atom is 0.166 e. The number of benzene rings is 4. The fraction of sp³-hybridized carbons (Fsp3) is 0.133. The maximum atomic E-state index is 14.7. The fourth-order valence-electron chi connectivity index (χ4n) is 3.83. The van der Waals surface area contributed by atoms with Gasteiger partial charge in [-0.1, -0.05) is 84.9 Å². The van der Waals surface area contributed by atoms with E-state index in [0.717, 1.165) is 22.3 Å². The molecule has 0 aliphatic carbocycles. The molecule has 4 heteroatoms. The average molecular weight is 459 g/mol. The SMILES string of the molecule is C=CCOc1ccc(-c2ccc(CCc3ccc(-c4ccc(C)cc4)c(F)c3F)cc2)cc1F. The van der Waals surface area contributed by atoms with Crippen molar-refractivity contribution in [2.75, 3.05) is 6.61 Å². The molecule has 4 aromatic carbocycles. The molecule has 0 fully saturated rings. The summed E-state index contributed by atoms with van der Waals surface area (Å²) < 4.78 is 49.0. The van der Waals surface area contributed by atoms with Crippen LogP contribution in [0.5, 0.6) is 5.75 Å². The highest BCUT2D eigenvalue weighted by molar-refractivity contribution is 5.66. The molecule has 172 valence electrons. The largest absolute Gasteiger partial charge is 0.486 e. The first-order chi connectivity index (χ1) is 16.5. The van der Waals surface area contributed by atoms with Crippen molar-refractivity contribution in [3.05, 3.63) is 126 Å². The van der Waals surface area contributed by atoms with Gasteiger partial charge in [0.15, 0.2) is 23.2 Å². The predicted octanol–water partition coefficient (Wildman–Crippen LogP) is 8.10. The summed E-state index contributed by atoms with van der Waals surface area (Å²) in [6.07, 6.45) is 2.49. The molecule has 0 amide bonds. The van der Waals surface area contributed by atoms with Crippen molar-refractivity contribution < 1.29 is 17.9 Å². The summed E-state index contributed by atoms with van der Waals surface area (Å²) in [5, 5.41) is 0. The fourth-order valence-corrected chi connectivity index (χ4v) is 3.83. The molecule has 0 aliphatic heterocycles. The lowest BCUT2D eigenvalue weighted by Crippen LogP contribution is -2.00. The monoisotopic (exact) mass is 458 g/mol. The third-order valence-electron chi connectivity index (χ3n) is 5.78. The zero-order chi connectivity index (χ0) is 24.1. The second-order valence-electron chi connectivity index (χ2n) is 8.21. The molecule has 34 heavy (non-hydrogen) atoms. The molecule has 0 atom stereocenters. The van der Waals surface area contributed by atoms with E-state index in [1.165, 1.54) is 6.07 Å². The molecule has 4 rings (SSSR count). The van der Waals surface area contributed by atoms with Crippen LogP contribution in [0.15, 0.2) is 91.5 Å². The van der Waals surface area contributed by atoms with Gasteiger partial charge < -0.3 is 4.74 Å². The van der Waals surface area contributed by atoms with E-state index >= 15 is 0 Å². The van der Waals surface area contributed by atoms with E-state index in [0.29, 0.717) is 24.0 Å². The Labute approximate surface area is 198 Å². The van der Waals surface area contributed by atoms with Crippen LogP contribution in [0.3, 0.4) is 0 Å². The molecule has 0 N–H and O–H groups in total. The molecular weight excluding hydrogens is 433 g/mol. The summed E-state index contributed by atoms with van der Waals surface area (Å²) in [5.41, 5.74) is 4.89. The standard InChI is InChI=1S/C30H25F3O/c1-3-18-34-28-17-15-25(19-27(28)31)22-11-6-21(7-12-22)8-13-24-14-16-26(30(33)29(24)32)23-9-4-20(2)5-10-23/h3-7,9-12,14-17,19H,1,8,13,18H2,2H3. The van der Waals surface area contributed by atoms with Crippen molar-refractivity contribution in [3.8, 4) is 28.0 Å². The predicted molar refractivity (Wildman–Crippen MR) is 131 cm³/mol. The number of ether oxygens (including phenoxy) is 1. The van der Waals surface area contributed by atoms with Gasteiger partial charge >= 0.3 is 0 Å². The molecule has 0 radical (unpaired) electrons. The molecule has 0 saturated heterocycles. The Kier molecular flexibility index (Phi) is 7.17. The Morgan fingerprint density at radius 2 is 1.41 bits per heavy atom. The van der Waals surface area contributed by atoms with Crippen LogP contribution in [-0.4, -0.2) is 6.61 Å². The summed E-state index contributed by atoms with van der Waals surface area (Å²) in [6.45, 7) is 5.74. The highest BCUT2D eigenvalue weighted by Crippen LogP contribution is 2.28. The first-order valence-corrected chi connectivity index (χ1v) is 11.1. The molecule has 0 saturated carbocycles. The van der Waals surface area contributed by atoms with Crippen LogP contribution >= 0.6 is 0 Å². The van der Waals surface area contributed by atoms with Crippen LogP contribution in [0.1, 0.15) is 16.7 Å². The smallest absolute Gasteiger partial charge is 0.166 e. The van der Waals surface area contributed by atoms with E-state index in [2.05, 4.69) is 6.58 Å². The van der Waals surface area contributed by atoms with Crippen molar-refractivity contribution in [3.63, 3.8) is 0 Å². The lowest BCUT2D eigenvalue weighted by atomic mass is 9.97. The van der Waals surface area contributed by atoms with E-state index < -0.39 is 17.5 Å². The summed E-state index contributed by atoms with van der Waals surface area (Å²) in [4.78, 5) is 0. The van der Waals surface area contributed by atoms with Crippen molar-refractivity contribution in [1.29, 1.82) is 0 Å². The van der Waals surface area contributed by atoms with Crippen molar-refractivity contribution >= 4 is 0 Å². The molecule has 0 bridgehead atoms. The van der Waals surface area contributed by atoms with Gasteiger partial charge in [-0.2, -0.15) is 0 Å². The Morgan fingerprint density at radius 1 is 0.735 bits per heavy atom.